The number of nitro benzene ring substituents is 1. The number of anilines is 1. The molecule has 0 aliphatic carbocycles. The van der Waals surface area contributed by atoms with E-state index in [1.54, 1.807) is 68.8 Å². The Morgan fingerprint density at radius 1 is 0.357 bits per heavy atom. The molecular formula is C48H36N2O14S6. The van der Waals surface area contributed by atoms with Gasteiger partial charge in [0.25, 0.3) is 5.69 Å². The highest BCUT2D eigenvalue weighted by Gasteiger charge is 2.37. The van der Waals surface area contributed by atoms with Crippen LogP contribution in [0.3, 0.4) is 0 Å². The number of nitro groups is 1. The summed E-state index contributed by atoms with van der Waals surface area (Å²) in [5.41, 5.74) is 8.53. The van der Waals surface area contributed by atoms with E-state index in [4.69, 9.17) is 62.6 Å². The largest absolute Gasteiger partial charge is 0.485 e. The van der Waals surface area contributed by atoms with Gasteiger partial charge in [-0.15, -0.1) is 68.0 Å². The molecule has 22 heteroatoms. The number of thiophene rings is 6. The first-order valence-electron chi connectivity index (χ1n) is 22.0. The molecular weight excluding hydrogens is 1020 g/mol. The Bertz CT molecular complexity index is 3310. The number of benzene rings is 2. The molecule has 6 aliphatic rings. The van der Waals surface area contributed by atoms with Crippen LogP contribution in [0.1, 0.15) is 0 Å². The highest BCUT2D eigenvalue weighted by atomic mass is 32.1. The van der Waals surface area contributed by atoms with Gasteiger partial charge in [-0.25, -0.2) is 0 Å². The Morgan fingerprint density at radius 2 is 0.629 bits per heavy atom. The minimum atomic E-state index is -0.409. The number of nitrogens with zero attached hydrogens (tertiary/aromatic N) is 1. The van der Waals surface area contributed by atoms with Crippen LogP contribution in [0.5, 0.6) is 69.0 Å². The van der Waals surface area contributed by atoms with Gasteiger partial charge in [0.05, 0.1) is 53.7 Å². The second-order valence-corrected chi connectivity index (χ2v) is 21.6. The molecule has 12 heterocycles. The maximum absolute atomic E-state index is 11.1. The number of nitrogen functional groups attached to an aromatic ring is 1. The SMILES string of the molecule is Nc1ccc(-c2sc(-c3sc(-c4scc5c4OCCO5)c4c3OCCO4)c3c2OCCO3)cc1.O=[N+]([O-])c1ccc(-c2sc(-c3sc(-c4scc5c4OCCO5)c4c3OCCO4)c3c2OCCO3)cc1. The number of hydrogen-bond acceptors (Lipinski definition) is 21. The van der Waals surface area contributed by atoms with Crippen molar-refractivity contribution in [3.63, 3.8) is 0 Å². The van der Waals surface area contributed by atoms with Crippen LogP contribution in [0, 0.1) is 10.1 Å². The third kappa shape index (κ3) is 7.46. The number of hydrogen-bond donors (Lipinski definition) is 1. The van der Waals surface area contributed by atoms with Crippen molar-refractivity contribution in [3.05, 3.63) is 69.4 Å². The van der Waals surface area contributed by atoms with Crippen LogP contribution in [-0.4, -0.2) is 84.2 Å². The smallest absolute Gasteiger partial charge is 0.269 e. The third-order valence-electron chi connectivity index (χ3n) is 11.5. The molecule has 16 nitrogen and oxygen atoms in total. The normalized spacial score (nSPS) is 15.7. The van der Waals surface area contributed by atoms with Crippen molar-refractivity contribution in [3.8, 4) is 129 Å². The van der Waals surface area contributed by atoms with Crippen molar-refractivity contribution in [2.75, 3.05) is 85.0 Å². The van der Waals surface area contributed by atoms with E-state index in [1.165, 1.54) is 23.5 Å². The summed E-state index contributed by atoms with van der Waals surface area (Å²) in [6.45, 7) is 5.87. The zero-order valence-corrected chi connectivity index (χ0v) is 41.3. The van der Waals surface area contributed by atoms with Crippen molar-refractivity contribution >= 4 is 79.4 Å². The molecule has 70 heavy (non-hydrogen) atoms. The third-order valence-corrected chi connectivity index (χ3v) is 18.8. The second kappa shape index (κ2) is 18.0. The Balaban J connectivity index is 0.000000137. The lowest BCUT2D eigenvalue weighted by Crippen LogP contribution is -2.16. The lowest BCUT2D eigenvalue weighted by atomic mass is 10.1. The molecule has 358 valence electrons. The Labute approximate surface area is 421 Å². The molecule has 6 aliphatic heterocycles. The van der Waals surface area contributed by atoms with Gasteiger partial charge in [-0.2, -0.15) is 0 Å². The summed E-state index contributed by atoms with van der Waals surface area (Å²) in [4.78, 5) is 20.1. The molecule has 6 aromatic heterocycles. The second-order valence-electron chi connectivity index (χ2n) is 15.8. The van der Waals surface area contributed by atoms with Gasteiger partial charge < -0.3 is 62.6 Å². The topological polar surface area (TPSA) is 180 Å². The van der Waals surface area contributed by atoms with Crippen LogP contribution >= 0.6 is 68.0 Å². The minimum Gasteiger partial charge on any atom is -0.485 e. The first-order chi connectivity index (χ1) is 34.5. The zero-order valence-electron chi connectivity index (χ0n) is 36.4. The molecule has 2 aromatic carbocycles. The van der Waals surface area contributed by atoms with Gasteiger partial charge in [0.15, 0.2) is 69.0 Å². The Kier molecular flexibility index (Phi) is 11.2. The van der Waals surface area contributed by atoms with E-state index >= 15 is 0 Å². The van der Waals surface area contributed by atoms with Crippen LogP contribution in [-0.2, 0) is 0 Å². The van der Waals surface area contributed by atoms with E-state index in [-0.39, 0.29) is 5.69 Å². The average Bonchev–Trinajstić information content (AvgIpc) is 4.28. The van der Waals surface area contributed by atoms with E-state index in [0.717, 1.165) is 112 Å². The number of rotatable bonds is 7. The number of ether oxygens (including phenoxy) is 12. The van der Waals surface area contributed by atoms with E-state index in [0.29, 0.717) is 102 Å². The summed E-state index contributed by atoms with van der Waals surface area (Å²) < 4.78 is 72.3. The predicted octanol–water partition coefficient (Wildman–Crippen LogP) is 11.9. The van der Waals surface area contributed by atoms with Crippen molar-refractivity contribution in [2.45, 2.75) is 0 Å². The number of nitrogens with two attached hydrogens (primary N) is 1. The fourth-order valence-electron chi connectivity index (χ4n) is 8.49. The monoisotopic (exact) mass is 1060 g/mol. The summed E-state index contributed by atoms with van der Waals surface area (Å²) in [7, 11) is 0. The van der Waals surface area contributed by atoms with Gasteiger partial charge >= 0.3 is 0 Å². The number of fused-ring (bicyclic) bond motifs is 6. The molecule has 0 saturated heterocycles. The van der Waals surface area contributed by atoms with Gasteiger partial charge in [0.2, 0.25) is 0 Å². The van der Waals surface area contributed by atoms with E-state index in [1.807, 2.05) is 35.0 Å². The maximum atomic E-state index is 11.1. The van der Waals surface area contributed by atoms with Gasteiger partial charge in [0.1, 0.15) is 79.3 Å². The van der Waals surface area contributed by atoms with Crippen LogP contribution in [0.25, 0.3) is 59.9 Å². The van der Waals surface area contributed by atoms with Gasteiger partial charge in [-0.05, 0) is 35.4 Å². The molecule has 0 spiro atoms. The summed E-state index contributed by atoms with van der Waals surface area (Å²) in [6.07, 6.45) is 0. The lowest BCUT2D eigenvalue weighted by Gasteiger charge is -2.19. The molecule has 0 unspecified atom stereocenters. The van der Waals surface area contributed by atoms with Crippen molar-refractivity contribution in [1.82, 2.24) is 0 Å². The zero-order chi connectivity index (χ0) is 46.9. The van der Waals surface area contributed by atoms with E-state index < -0.39 is 4.92 Å². The Morgan fingerprint density at radius 3 is 0.971 bits per heavy atom. The standard InChI is InChI=1S/C24H17NO8S3.C24H19NO6S3/c26-25(27)13-3-1-12(2-4-13)20-16-17(31-8-7-30-16)23(35-20)24-19-18(32-9-10-33-19)22(36-24)21-15-14(11-34-21)28-5-6-29-15;25-13-3-1-12(2-4-13)20-16-17(29-8-7-28-16)23(33-20)24-19-18(30-9-10-31-19)22(34-24)21-15-14(11-32-21)26-5-6-27-15/h1-4,11H,5-10H2;1-4,11H,5-10,25H2. The average molecular weight is 1060 g/mol. The predicted molar refractivity (Wildman–Crippen MR) is 270 cm³/mol. The molecule has 0 radical (unpaired) electrons. The Hall–Kier alpha value is -6.56. The summed E-state index contributed by atoms with van der Waals surface area (Å²) in [6, 6.07) is 14.3. The maximum Gasteiger partial charge on any atom is 0.269 e. The van der Waals surface area contributed by atoms with Gasteiger partial charge in [-0.1, -0.05) is 12.1 Å². The molecule has 0 bridgehead atoms. The highest BCUT2D eigenvalue weighted by molar-refractivity contribution is 7.29. The van der Waals surface area contributed by atoms with Crippen molar-refractivity contribution < 1.29 is 61.8 Å². The first-order valence-corrected chi connectivity index (χ1v) is 27.0. The highest BCUT2D eigenvalue weighted by Crippen LogP contribution is 2.65. The molecule has 14 rings (SSSR count). The van der Waals surface area contributed by atoms with Crippen molar-refractivity contribution in [1.29, 1.82) is 0 Å². The van der Waals surface area contributed by atoms with E-state index in [9.17, 15) is 10.1 Å². The fraction of sp³-hybridized carbons (Fsp3) is 0.250. The molecule has 8 aromatic rings. The molecule has 2 N–H and O–H groups in total. The quantitative estimate of drug-likeness (QED) is 0.0904. The molecule has 0 amide bonds. The first kappa shape index (κ1) is 43.5. The van der Waals surface area contributed by atoms with Gasteiger partial charge in [-0.3, -0.25) is 10.1 Å². The fourth-order valence-corrected chi connectivity index (χ4v) is 15.7. The van der Waals surface area contributed by atoms with Gasteiger partial charge in [0, 0.05) is 28.6 Å². The number of non-ortho nitro benzene ring substituents is 1. The summed E-state index contributed by atoms with van der Waals surface area (Å²) in [5, 5.41) is 15.1. The van der Waals surface area contributed by atoms with Crippen molar-refractivity contribution in [2.24, 2.45) is 0 Å². The van der Waals surface area contributed by atoms with Crippen LogP contribution in [0.15, 0.2) is 59.3 Å². The lowest BCUT2D eigenvalue weighted by molar-refractivity contribution is -0.384. The molecule has 0 atom stereocenters. The van der Waals surface area contributed by atoms with Crippen LogP contribution in [0.4, 0.5) is 11.4 Å². The summed E-state index contributed by atoms with van der Waals surface area (Å²) >= 11 is 9.46. The minimum absolute atomic E-state index is 0.0366. The van der Waals surface area contributed by atoms with E-state index in [2.05, 4.69) is 0 Å². The van der Waals surface area contributed by atoms with Crippen LogP contribution in [0.2, 0.25) is 0 Å². The molecule has 0 fully saturated rings. The summed E-state index contributed by atoms with van der Waals surface area (Å²) in [5.74, 6) is 8.69. The van der Waals surface area contributed by atoms with Crippen LogP contribution < -0.4 is 62.6 Å². The molecule has 0 saturated carbocycles.